The fourth-order valence-corrected chi connectivity index (χ4v) is 2.78. The summed E-state index contributed by atoms with van der Waals surface area (Å²) in [4.78, 5) is 21.1. The lowest BCUT2D eigenvalue weighted by molar-refractivity contribution is -0.388. The Balaban J connectivity index is 2.49. The first-order chi connectivity index (χ1) is 10.7. The Morgan fingerprint density at radius 2 is 1.74 bits per heavy atom. The van der Waals surface area contributed by atoms with Gasteiger partial charge in [0.2, 0.25) is 0 Å². The molecule has 120 valence electrons. The summed E-state index contributed by atoms with van der Waals surface area (Å²) < 4.78 is 37.9. The van der Waals surface area contributed by atoms with Crippen LogP contribution in [0.4, 0.5) is 18.9 Å². The molecule has 2 aromatic carbocycles. The largest absolute Gasteiger partial charge is 0.545 e. The minimum Gasteiger partial charge on any atom is -0.545 e. The Morgan fingerprint density at radius 1 is 1.09 bits per heavy atom. The standard InChI is InChI=1S/C14H8F3NO4S/c15-14(16,17)8-5-6-12(10(7-8)18(21)22)23-11-4-2-1-3-9(11)13(19)20/h1-7H,(H,19,20)/p-1. The number of carbonyl (C=O) groups excluding carboxylic acids is 1. The highest BCUT2D eigenvalue weighted by Crippen LogP contribution is 2.40. The lowest BCUT2D eigenvalue weighted by atomic mass is 10.2. The topological polar surface area (TPSA) is 83.3 Å². The van der Waals surface area contributed by atoms with Crippen LogP contribution >= 0.6 is 11.8 Å². The minimum absolute atomic E-state index is 0.100. The summed E-state index contributed by atoms with van der Waals surface area (Å²) in [6.45, 7) is 0. The number of hydrogen-bond donors (Lipinski definition) is 0. The highest BCUT2D eigenvalue weighted by molar-refractivity contribution is 7.99. The van der Waals surface area contributed by atoms with E-state index in [1.165, 1.54) is 24.3 Å². The molecule has 0 heterocycles. The van der Waals surface area contributed by atoms with Gasteiger partial charge in [0.05, 0.1) is 21.4 Å². The van der Waals surface area contributed by atoms with Gasteiger partial charge in [-0.05, 0) is 18.2 Å². The van der Waals surface area contributed by atoms with Gasteiger partial charge in [-0.1, -0.05) is 30.0 Å². The predicted octanol–water partition coefficient (Wildman–Crippen LogP) is 3.13. The summed E-state index contributed by atoms with van der Waals surface area (Å²) >= 11 is 0.687. The molecule has 0 N–H and O–H groups in total. The predicted molar refractivity (Wildman–Crippen MR) is 73.0 cm³/mol. The Kier molecular flexibility index (Phi) is 4.60. The van der Waals surface area contributed by atoms with Crippen LogP contribution in [0.1, 0.15) is 15.9 Å². The van der Waals surface area contributed by atoms with Crippen LogP contribution in [0.5, 0.6) is 0 Å². The molecule has 0 unspecified atom stereocenters. The van der Waals surface area contributed by atoms with Gasteiger partial charge in [0.15, 0.2) is 0 Å². The Hall–Kier alpha value is -2.55. The highest BCUT2D eigenvalue weighted by atomic mass is 32.2. The molecule has 0 aliphatic carbocycles. The molecule has 0 saturated carbocycles. The molecule has 0 atom stereocenters. The Labute approximate surface area is 131 Å². The molecular weight excluding hydrogens is 335 g/mol. The normalized spacial score (nSPS) is 11.3. The number of nitro groups is 1. The van der Waals surface area contributed by atoms with Crippen LogP contribution < -0.4 is 5.11 Å². The van der Waals surface area contributed by atoms with Gasteiger partial charge in [-0.2, -0.15) is 13.2 Å². The molecule has 23 heavy (non-hydrogen) atoms. The third kappa shape index (κ3) is 3.81. The molecule has 0 spiro atoms. The number of hydrogen-bond acceptors (Lipinski definition) is 5. The van der Waals surface area contributed by atoms with E-state index in [1.807, 2.05) is 0 Å². The van der Waals surface area contributed by atoms with E-state index in [-0.39, 0.29) is 15.4 Å². The zero-order chi connectivity index (χ0) is 17.2. The molecule has 2 aromatic rings. The van der Waals surface area contributed by atoms with Crippen molar-refractivity contribution >= 4 is 23.4 Å². The first-order valence-corrected chi connectivity index (χ1v) is 6.85. The summed E-state index contributed by atoms with van der Waals surface area (Å²) in [7, 11) is 0. The second-order valence-corrected chi connectivity index (χ2v) is 5.41. The van der Waals surface area contributed by atoms with Crippen molar-refractivity contribution in [3.8, 4) is 0 Å². The van der Waals surface area contributed by atoms with E-state index < -0.39 is 28.3 Å². The monoisotopic (exact) mass is 342 g/mol. The minimum atomic E-state index is -4.71. The molecule has 0 aliphatic heterocycles. The summed E-state index contributed by atoms with van der Waals surface area (Å²) in [5.74, 6) is -1.48. The number of nitro benzene ring substituents is 1. The third-order valence-corrected chi connectivity index (χ3v) is 3.95. The van der Waals surface area contributed by atoms with E-state index in [2.05, 4.69) is 0 Å². The van der Waals surface area contributed by atoms with Crippen LogP contribution in [0.25, 0.3) is 0 Å². The fraction of sp³-hybridized carbons (Fsp3) is 0.0714. The van der Waals surface area contributed by atoms with Crippen molar-refractivity contribution in [2.75, 3.05) is 0 Å². The fourth-order valence-electron chi connectivity index (χ4n) is 1.77. The van der Waals surface area contributed by atoms with Crippen molar-refractivity contribution in [3.05, 3.63) is 63.7 Å². The number of nitrogens with zero attached hydrogens (tertiary/aromatic N) is 1. The summed E-state index contributed by atoms with van der Waals surface area (Å²) in [6, 6.07) is 7.64. The number of carboxylic acid groups (broad SMARTS) is 1. The Morgan fingerprint density at radius 3 is 2.30 bits per heavy atom. The van der Waals surface area contributed by atoms with E-state index in [0.29, 0.717) is 23.9 Å². The van der Waals surface area contributed by atoms with Crippen LogP contribution in [0.15, 0.2) is 52.3 Å². The highest BCUT2D eigenvalue weighted by Gasteiger charge is 2.33. The van der Waals surface area contributed by atoms with Gasteiger partial charge in [0.25, 0.3) is 5.69 Å². The number of carbonyl (C=O) groups is 1. The molecule has 0 aliphatic rings. The zero-order valence-electron chi connectivity index (χ0n) is 11.2. The van der Waals surface area contributed by atoms with Crippen LogP contribution in [-0.4, -0.2) is 10.9 Å². The molecule has 0 aromatic heterocycles. The van der Waals surface area contributed by atoms with E-state index >= 15 is 0 Å². The second kappa shape index (κ2) is 6.29. The number of halogens is 3. The summed E-state index contributed by atoms with van der Waals surface area (Å²) in [5.41, 5.74) is -2.11. The Bertz CT molecular complexity index is 777. The summed E-state index contributed by atoms with van der Waals surface area (Å²) in [6.07, 6.45) is -4.71. The number of carboxylic acids is 1. The maximum Gasteiger partial charge on any atom is 0.416 e. The van der Waals surface area contributed by atoms with E-state index in [0.717, 1.165) is 6.07 Å². The van der Waals surface area contributed by atoms with Crippen LogP contribution in [-0.2, 0) is 6.18 Å². The zero-order valence-corrected chi connectivity index (χ0v) is 12.0. The van der Waals surface area contributed by atoms with Gasteiger partial charge in [0.1, 0.15) is 0 Å². The van der Waals surface area contributed by atoms with E-state index in [1.54, 1.807) is 0 Å². The molecule has 0 amide bonds. The SMILES string of the molecule is O=C([O-])c1ccccc1Sc1ccc(C(F)(F)F)cc1[N+](=O)[O-]. The molecule has 0 bridgehead atoms. The van der Waals surface area contributed by atoms with Crippen molar-refractivity contribution in [1.82, 2.24) is 0 Å². The number of alkyl halides is 3. The van der Waals surface area contributed by atoms with Crippen LogP contribution in [0.2, 0.25) is 0 Å². The molecule has 5 nitrogen and oxygen atoms in total. The summed E-state index contributed by atoms with van der Waals surface area (Å²) in [5, 5.41) is 22.0. The average Bonchev–Trinajstić information content (AvgIpc) is 2.46. The quantitative estimate of drug-likeness (QED) is 0.630. The van der Waals surface area contributed by atoms with Gasteiger partial charge in [-0.3, -0.25) is 10.1 Å². The molecule has 0 saturated heterocycles. The molecule has 0 radical (unpaired) electrons. The van der Waals surface area contributed by atoms with Gasteiger partial charge >= 0.3 is 6.18 Å². The molecule has 2 rings (SSSR count). The van der Waals surface area contributed by atoms with E-state index in [9.17, 15) is 33.2 Å². The number of benzene rings is 2. The molecule has 9 heteroatoms. The maximum atomic E-state index is 12.6. The lowest BCUT2D eigenvalue weighted by Gasteiger charge is -2.11. The first kappa shape index (κ1) is 16.8. The second-order valence-electron chi connectivity index (χ2n) is 4.32. The smallest absolute Gasteiger partial charge is 0.416 e. The van der Waals surface area contributed by atoms with Crippen molar-refractivity contribution in [2.24, 2.45) is 0 Å². The van der Waals surface area contributed by atoms with Gasteiger partial charge in [-0.25, -0.2) is 0 Å². The number of rotatable bonds is 4. The van der Waals surface area contributed by atoms with E-state index in [4.69, 9.17) is 0 Å². The van der Waals surface area contributed by atoms with Crippen molar-refractivity contribution < 1.29 is 28.0 Å². The van der Waals surface area contributed by atoms with Crippen molar-refractivity contribution in [1.29, 1.82) is 0 Å². The molecular formula is C14H7F3NO4S-. The van der Waals surface area contributed by atoms with Crippen molar-refractivity contribution in [3.63, 3.8) is 0 Å². The lowest BCUT2D eigenvalue weighted by Crippen LogP contribution is -2.22. The number of aromatic carboxylic acids is 1. The van der Waals surface area contributed by atoms with Gasteiger partial charge in [0, 0.05) is 16.5 Å². The van der Waals surface area contributed by atoms with Gasteiger partial charge < -0.3 is 9.90 Å². The average molecular weight is 342 g/mol. The van der Waals surface area contributed by atoms with Crippen molar-refractivity contribution in [2.45, 2.75) is 16.0 Å². The third-order valence-electron chi connectivity index (χ3n) is 2.81. The van der Waals surface area contributed by atoms with Gasteiger partial charge in [-0.15, -0.1) is 0 Å². The molecule has 0 fully saturated rings. The first-order valence-electron chi connectivity index (χ1n) is 6.04. The van der Waals surface area contributed by atoms with Crippen LogP contribution in [0.3, 0.4) is 0 Å². The van der Waals surface area contributed by atoms with Crippen LogP contribution in [0, 0.1) is 10.1 Å². The maximum absolute atomic E-state index is 12.6.